The predicted octanol–water partition coefficient (Wildman–Crippen LogP) is 4.88. The molecule has 0 saturated carbocycles. The Morgan fingerprint density at radius 2 is 1.61 bits per heavy atom. The zero-order valence-electron chi connectivity index (χ0n) is 15.0. The molecule has 0 radical (unpaired) electrons. The summed E-state index contributed by atoms with van der Waals surface area (Å²) in [7, 11) is 0. The molecule has 5 rings (SSSR count). The summed E-state index contributed by atoms with van der Waals surface area (Å²) < 4.78 is 1.03. The molecule has 0 saturated heterocycles. The maximum absolute atomic E-state index is 11.6. The quantitative estimate of drug-likeness (QED) is 0.346. The molecule has 1 aliphatic carbocycles. The SMILES string of the molecule is O=C(NO)c1cc2ccc(CNC3c4ccccc4-c4ccccc43)cc2s1. The van der Waals surface area contributed by atoms with Crippen LogP contribution in [0, 0.1) is 0 Å². The normalized spacial score (nSPS) is 12.8. The lowest BCUT2D eigenvalue weighted by molar-refractivity contribution is 0.0711. The van der Waals surface area contributed by atoms with Crippen LogP contribution in [-0.4, -0.2) is 11.1 Å². The zero-order valence-corrected chi connectivity index (χ0v) is 15.8. The third-order valence-electron chi connectivity index (χ3n) is 5.25. The topological polar surface area (TPSA) is 61.4 Å². The van der Waals surface area contributed by atoms with E-state index in [0.29, 0.717) is 4.88 Å². The summed E-state index contributed by atoms with van der Waals surface area (Å²) in [4.78, 5) is 12.1. The van der Waals surface area contributed by atoms with Crippen LogP contribution in [0.15, 0.2) is 72.8 Å². The van der Waals surface area contributed by atoms with Crippen LogP contribution in [0.5, 0.6) is 0 Å². The first-order valence-electron chi connectivity index (χ1n) is 9.13. The van der Waals surface area contributed by atoms with Gasteiger partial charge in [0.15, 0.2) is 0 Å². The van der Waals surface area contributed by atoms with Crippen molar-refractivity contribution in [1.82, 2.24) is 10.8 Å². The van der Waals surface area contributed by atoms with Crippen LogP contribution in [0.25, 0.3) is 21.2 Å². The van der Waals surface area contributed by atoms with Gasteiger partial charge in [0.25, 0.3) is 5.91 Å². The number of amides is 1. The number of nitrogens with one attached hydrogen (secondary N) is 2. The lowest BCUT2D eigenvalue weighted by atomic mass is 10.0. The number of benzene rings is 3. The summed E-state index contributed by atoms with van der Waals surface area (Å²) >= 11 is 1.38. The molecule has 3 aromatic carbocycles. The van der Waals surface area contributed by atoms with E-state index >= 15 is 0 Å². The molecule has 1 heterocycles. The molecule has 1 amide bonds. The number of carbonyl (C=O) groups excluding carboxylic acids is 1. The largest absolute Gasteiger partial charge is 0.302 e. The van der Waals surface area contributed by atoms with E-state index in [2.05, 4.69) is 66.0 Å². The van der Waals surface area contributed by atoms with Crippen LogP contribution >= 0.6 is 11.3 Å². The van der Waals surface area contributed by atoms with Gasteiger partial charge >= 0.3 is 0 Å². The Labute approximate surface area is 166 Å². The fourth-order valence-electron chi connectivity index (χ4n) is 3.95. The van der Waals surface area contributed by atoms with Gasteiger partial charge in [-0.1, -0.05) is 60.7 Å². The molecule has 0 atom stereocenters. The maximum atomic E-state index is 11.6. The number of hydrogen-bond donors (Lipinski definition) is 3. The van der Waals surface area contributed by atoms with Crippen LogP contribution < -0.4 is 10.8 Å². The number of fused-ring (bicyclic) bond motifs is 4. The van der Waals surface area contributed by atoms with E-state index in [4.69, 9.17) is 5.21 Å². The first-order valence-corrected chi connectivity index (χ1v) is 9.95. The third kappa shape index (κ3) is 2.81. The van der Waals surface area contributed by atoms with Gasteiger partial charge < -0.3 is 5.32 Å². The monoisotopic (exact) mass is 386 g/mol. The summed E-state index contributed by atoms with van der Waals surface area (Å²) in [5.41, 5.74) is 8.06. The minimum Gasteiger partial charge on any atom is -0.302 e. The van der Waals surface area contributed by atoms with Gasteiger partial charge in [0.05, 0.1) is 10.9 Å². The highest BCUT2D eigenvalue weighted by Crippen LogP contribution is 2.43. The van der Waals surface area contributed by atoms with Gasteiger partial charge in [-0.25, -0.2) is 5.48 Å². The maximum Gasteiger partial charge on any atom is 0.284 e. The number of hydrogen-bond acceptors (Lipinski definition) is 4. The average Bonchev–Trinajstić information content (AvgIpc) is 3.30. The van der Waals surface area contributed by atoms with Gasteiger partial charge in [0.2, 0.25) is 0 Å². The van der Waals surface area contributed by atoms with E-state index in [0.717, 1.165) is 22.2 Å². The van der Waals surface area contributed by atoms with Crippen LogP contribution in [-0.2, 0) is 6.54 Å². The Kier molecular flexibility index (Phi) is 4.20. The second kappa shape index (κ2) is 6.87. The lowest BCUT2D eigenvalue weighted by Crippen LogP contribution is -2.20. The fraction of sp³-hybridized carbons (Fsp3) is 0.0870. The predicted molar refractivity (Wildman–Crippen MR) is 112 cm³/mol. The van der Waals surface area contributed by atoms with Gasteiger partial charge in [-0.2, -0.15) is 0 Å². The van der Waals surface area contributed by atoms with Crippen LogP contribution in [0.3, 0.4) is 0 Å². The van der Waals surface area contributed by atoms with Crippen molar-refractivity contribution in [3.05, 3.63) is 94.4 Å². The van der Waals surface area contributed by atoms with Crippen molar-refractivity contribution in [2.24, 2.45) is 0 Å². The van der Waals surface area contributed by atoms with E-state index in [-0.39, 0.29) is 6.04 Å². The molecule has 3 N–H and O–H groups in total. The highest BCUT2D eigenvalue weighted by molar-refractivity contribution is 7.20. The van der Waals surface area contributed by atoms with Crippen molar-refractivity contribution in [2.45, 2.75) is 12.6 Å². The second-order valence-corrected chi connectivity index (χ2v) is 8.00. The molecule has 138 valence electrons. The Morgan fingerprint density at radius 3 is 2.29 bits per heavy atom. The van der Waals surface area contributed by atoms with E-state index in [1.54, 1.807) is 11.5 Å². The number of carbonyl (C=O) groups is 1. The first-order chi connectivity index (χ1) is 13.7. The van der Waals surface area contributed by atoms with Gasteiger partial charge in [-0.15, -0.1) is 11.3 Å². The van der Waals surface area contributed by atoms with Crippen molar-refractivity contribution in [1.29, 1.82) is 0 Å². The Morgan fingerprint density at radius 1 is 0.929 bits per heavy atom. The van der Waals surface area contributed by atoms with Crippen LogP contribution in [0.4, 0.5) is 0 Å². The van der Waals surface area contributed by atoms with Gasteiger partial charge in [0, 0.05) is 11.2 Å². The average molecular weight is 386 g/mol. The molecular formula is C23H18N2O2S. The molecular weight excluding hydrogens is 368 g/mol. The zero-order chi connectivity index (χ0) is 19.1. The van der Waals surface area contributed by atoms with Crippen molar-refractivity contribution in [3.63, 3.8) is 0 Å². The standard InChI is InChI=1S/C23H18N2O2S/c26-23(25-27)21-12-15-10-9-14(11-20(15)28-21)13-24-22-18-7-3-1-5-16(18)17-6-2-4-8-19(17)22/h1-12,22,24,27H,13H2,(H,25,26). The fourth-order valence-corrected chi connectivity index (χ4v) is 4.96. The van der Waals surface area contributed by atoms with E-state index in [9.17, 15) is 4.79 Å². The van der Waals surface area contributed by atoms with Crippen molar-refractivity contribution < 1.29 is 10.0 Å². The van der Waals surface area contributed by atoms with E-state index in [1.165, 1.54) is 33.6 Å². The molecule has 5 heteroatoms. The van der Waals surface area contributed by atoms with Gasteiger partial charge in [-0.05, 0) is 45.3 Å². The highest BCUT2D eigenvalue weighted by Gasteiger charge is 2.27. The Bertz CT molecular complexity index is 1150. The summed E-state index contributed by atoms with van der Waals surface area (Å²) in [5.74, 6) is -0.472. The summed E-state index contributed by atoms with van der Waals surface area (Å²) in [6.07, 6.45) is 0. The summed E-state index contributed by atoms with van der Waals surface area (Å²) in [6.45, 7) is 0.725. The second-order valence-electron chi connectivity index (χ2n) is 6.91. The Hall–Kier alpha value is -2.99. The van der Waals surface area contributed by atoms with Crippen molar-refractivity contribution in [3.8, 4) is 11.1 Å². The summed E-state index contributed by atoms with van der Waals surface area (Å²) in [6, 6.07) is 25.3. The minimum atomic E-state index is -0.472. The van der Waals surface area contributed by atoms with Crippen LogP contribution in [0.2, 0.25) is 0 Å². The van der Waals surface area contributed by atoms with Gasteiger partial charge in [0.1, 0.15) is 0 Å². The first kappa shape index (κ1) is 17.1. The third-order valence-corrected chi connectivity index (χ3v) is 6.35. The Balaban J connectivity index is 1.42. The van der Waals surface area contributed by atoms with Gasteiger partial charge in [-0.3, -0.25) is 10.0 Å². The molecule has 0 bridgehead atoms. The molecule has 1 aromatic heterocycles. The summed E-state index contributed by atoms with van der Waals surface area (Å²) in [5, 5.41) is 13.5. The lowest BCUT2D eigenvalue weighted by Gasteiger charge is -2.16. The van der Waals surface area contributed by atoms with Crippen LogP contribution in [0.1, 0.15) is 32.4 Å². The molecule has 0 fully saturated rings. The molecule has 4 nitrogen and oxygen atoms in total. The van der Waals surface area contributed by atoms with Crippen molar-refractivity contribution in [2.75, 3.05) is 0 Å². The molecule has 0 spiro atoms. The number of hydroxylamine groups is 1. The number of thiophene rings is 1. The minimum absolute atomic E-state index is 0.169. The highest BCUT2D eigenvalue weighted by atomic mass is 32.1. The molecule has 4 aromatic rings. The van der Waals surface area contributed by atoms with E-state index in [1.807, 2.05) is 6.07 Å². The molecule has 0 unspecified atom stereocenters. The molecule has 1 aliphatic rings. The smallest absolute Gasteiger partial charge is 0.284 e. The number of rotatable bonds is 4. The molecule has 0 aliphatic heterocycles. The van der Waals surface area contributed by atoms with Crippen molar-refractivity contribution >= 4 is 27.3 Å². The van der Waals surface area contributed by atoms with E-state index < -0.39 is 5.91 Å². The molecule has 28 heavy (non-hydrogen) atoms.